The van der Waals surface area contributed by atoms with Crippen molar-refractivity contribution in [3.63, 3.8) is 0 Å². The van der Waals surface area contributed by atoms with E-state index in [1.165, 1.54) is 6.07 Å². The molecule has 2 aliphatic rings. The SMILES string of the molecule is Cc1ccc(NC(=O)N2CCN(c3ccc4nnc(C5CC5)n4n3)CC2)cc1F. The maximum Gasteiger partial charge on any atom is 0.321 e. The smallest absolute Gasteiger partial charge is 0.321 e. The number of nitrogens with zero attached hydrogens (tertiary/aromatic N) is 6. The van der Waals surface area contributed by atoms with Crippen LogP contribution in [-0.2, 0) is 0 Å². The van der Waals surface area contributed by atoms with E-state index in [4.69, 9.17) is 5.10 Å². The highest BCUT2D eigenvalue weighted by molar-refractivity contribution is 5.89. The number of fused-ring (bicyclic) bond motifs is 1. The van der Waals surface area contributed by atoms with Crippen molar-refractivity contribution < 1.29 is 9.18 Å². The minimum absolute atomic E-state index is 0.217. The van der Waals surface area contributed by atoms with Crippen LogP contribution in [0.25, 0.3) is 5.65 Å². The molecule has 8 nitrogen and oxygen atoms in total. The summed E-state index contributed by atoms with van der Waals surface area (Å²) in [5.41, 5.74) is 1.78. The Kier molecular flexibility index (Phi) is 4.30. The predicted octanol–water partition coefficient (Wildman–Crippen LogP) is 2.80. The minimum Gasteiger partial charge on any atom is -0.352 e. The third kappa shape index (κ3) is 3.48. The zero-order chi connectivity index (χ0) is 20.0. The molecule has 1 aliphatic heterocycles. The number of halogens is 1. The summed E-state index contributed by atoms with van der Waals surface area (Å²) in [6, 6.07) is 8.39. The summed E-state index contributed by atoms with van der Waals surface area (Å²) in [6.07, 6.45) is 2.29. The predicted molar refractivity (Wildman–Crippen MR) is 107 cm³/mol. The van der Waals surface area contributed by atoms with Crippen LogP contribution in [0.5, 0.6) is 0 Å². The van der Waals surface area contributed by atoms with Crippen LogP contribution in [0, 0.1) is 12.7 Å². The molecule has 5 rings (SSSR count). The molecular weight excluding hydrogens is 373 g/mol. The molecule has 3 heterocycles. The lowest BCUT2D eigenvalue weighted by atomic mass is 10.2. The number of hydrogen-bond acceptors (Lipinski definition) is 5. The third-order valence-electron chi connectivity index (χ3n) is 5.53. The molecule has 0 radical (unpaired) electrons. The van der Waals surface area contributed by atoms with E-state index in [0.29, 0.717) is 43.3 Å². The Balaban J connectivity index is 1.24. The Labute approximate surface area is 167 Å². The zero-order valence-corrected chi connectivity index (χ0v) is 16.2. The number of aryl methyl sites for hydroxylation is 1. The highest BCUT2D eigenvalue weighted by Crippen LogP contribution is 2.38. The van der Waals surface area contributed by atoms with Crippen molar-refractivity contribution in [3.8, 4) is 0 Å². The van der Waals surface area contributed by atoms with Crippen LogP contribution < -0.4 is 10.2 Å². The van der Waals surface area contributed by atoms with E-state index in [1.807, 2.05) is 16.6 Å². The highest BCUT2D eigenvalue weighted by atomic mass is 19.1. The molecule has 2 aromatic heterocycles. The van der Waals surface area contributed by atoms with Crippen LogP contribution in [0.4, 0.5) is 20.7 Å². The fraction of sp³-hybridized carbons (Fsp3) is 0.400. The molecule has 2 fully saturated rings. The van der Waals surface area contributed by atoms with Crippen molar-refractivity contribution in [2.24, 2.45) is 0 Å². The summed E-state index contributed by atoms with van der Waals surface area (Å²) in [6.45, 7) is 4.18. The first kappa shape index (κ1) is 17.8. The maximum atomic E-state index is 13.7. The number of aromatic nitrogens is 4. The lowest BCUT2D eigenvalue weighted by molar-refractivity contribution is 0.208. The zero-order valence-electron chi connectivity index (χ0n) is 16.2. The number of urea groups is 1. The maximum absolute atomic E-state index is 13.7. The van der Waals surface area contributed by atoms with Gasteiger partial charge < -0.3 is 15.1 Å². The first-order valence-corrected chi connectivity index (χ1v) is 9.88. The fourth-order valence-corrected chi connectivity index (χ4v) is 3.57. The van der Waals surface area contributed by atoms with Gasteiger partial charge in [0.15, 0.2) is 11.5 Å². The van der Waals surface area contributed by atoms with Gasteiger partial charge in [-0.05, 0) is 49.6 Å². The molecule has 0 spiro atoms. The minimum atomic E-state index is -0.325. The van der Waals surface area contributed by atoms with E-state index in [-0.39, 0.29) is 11.8 Å². The summed E-state index contributed by atoms with van der Waals surface area (Å²) in [5.74, 6) is 1.94. The topological polar surface area (TPSA) is 78.7 Å². The number of carbonyl (C=O) groups is 1. The van der Waals surface area contributed by atoms with E-state index in [0.717, 1.165) is 30.1 Å². The van der Waals surface area contributed by atoms with Gasteiger partial charge in [-0.3, -0.25) is 0 Å². The molecule has 0 unspecified atom stereocenters. The van der Waals surface area contributed by atoms with Crippen molar-refractivity contribution >= 4 is 23.2 Å². The van der Waals surface area contributed by atoms with E-state index in [2.05, 4.69) is 20.4 Å². The van der Waals surface area contributed by atoms with Crippen molar-refractivity contribution in [2.75, 3.05) is 36.4 Å². The molecule has 2 amide bonds. The number of nitrogens with one attached hydrogen (secondary N) is 1. The molecule has 29 heavy (non-hydrogen) atoms. The van der Waals surface area contributed by atoms with Gasteiger partial charge in [0.1, 0.15) is 11.6 Å². The van der Waals surface area contributed by atoms with Gasteiger partial charge in [0.25, 0.3) is 0 Å². The molecule has 1 saturated carbocycles. The Morgan fingerprint density at radius 1 is 1.10 bits per heavy atom. The second-order valence-corrected chi connectivity index (χ2v) is 7.66. The second kappa shape index (κ2) is 6.98. The summed E-state index contributed by atoms with van der Waals surface area (Å²) < 4.78 is 15.5. The Bertz CT molecular complexity index is 1070. The quantitative estimate of drug-likeness (QED) is 0.738. The van der Waals surface area contributed by atoms with Crippen LogP contribution in [0.2, 0.25) is 0 Å². The molecular formula is C20H22FN7O. The molecule has 1 N–H and O–H groups in total. The van der Waals surface area contributed by atoms with Gasteiger partial charge in [0.05, 0.1) is 0 Å². The van der Waals surface area contributed by atoms with E-state index < -0.39 is 0 Å². The summed E-state index contributed by atoms with van der Waals surface area (Å²) >= 11 is 0. The number of carbonyl (C=O) groups excluding carboxylic acids is 1. The number of rotatable bonds is 3. The van der Waals surface area contributed by atoms with Crippen LogP contribution in [-0.4, -0.2) is 56.9 Å². The Morgan fingerprint density at radius 2 is 1.90 bits per heavy atom. The van der Waals surface area contributed by atoms with E-state index in [1.54, 1.807) is 24.0 Å². The molecule has 0 atom stereocenters. The van der Waals surface area contributed by atoms with Gasteiger partial charge in [-0.15, -0.1) is 15.3 Å². The normalized spacial score (nSPS) is 17.0. The average molecular weight is 395 g/mol. The van der Waals surface area contributed by atoms with Crippen molar-refractivity contribution in [3.05, 3.63) is 47.5 Å². The molecule has 9 heteroatoms. The molecule has 1 aliphatic carbocycles. The third-order valence-corrected chi connectivity index (χ3v) is 5.53. The lowest BCUT2D eigenvalue weighted by Gasteiger charge is -2.35. The summed E-state index contributed by atoms with van der Waals surface area (Å²) in [5, 5.41) is 16.0. The average Bonchev–Trinajstić information content (AvgIpc) is 3.49. The number of piperazine rings is 1. The largest absolute Gasteiger partial charge is 0.352 e. The fourth-order valence-electron chi connectivity index (χ4n) is 3.57. The summed E-state index contributed by atoms with van der Waals surface area (Å²) in [7, 11) is 0. The van der Waals surface area contributed by atoms with Crippen molar-refractivity contribution in [1.29, 1.82) is 0 Å². The van der Waals surface area contributed by atoms with Gasteiger partial charge in [0.2, 0.25) is 0 Å². The van der Waals surface area contributed by atoms with Gasteiger partial charge >= 0.3 is 6.03 Å². The molecule has 3 aromatic rings. The van der Waals surface area contributed by atoms with Crippen LogP contribution in [0.3, 0.4) is 0 Å². The first-order valence-electron chi connectivity index (χ1n) is 9.88. The number of amides is 2. The Hall–Kier alpha value is -3.23. The molecule has 1 saturated heterocycles. The van der Waals surface area contributed by atoms with E-state index >= 15 is 0 Å². The number of anilines is 2. The van der Waals surface area contributed by atoms with Gasteiger partial charge in [-0.2, -0.15) is 4.52 Å². The molecule has 150 valence electrons. The first-order chi connectivity index (χ1) is 14.1. The molecule has 1 aromatic carbocycles. The van der Waals surface area contributed by atoms with Crippen LogP contribution in [0.15, 0.2) is 30.3 Å². The highest BCUT2D eigenvalue weighted by Gasteiger charge is 2.30. The standard InChI is InChI=1S/C20H22FN7O/c1-13-2-5-15(12-16(13)21)22-20(29)27-10-8-26(9-11-27)18-7-6-17-23-24-19(14-3-4-14)28(17)25-18/h2,5-7,12,14H,3-4,8-11H2,1H3,(H,22,29). The Morgan fingerprint density at radius 3 is 2.62 bits per heavy atom. The number of hydrogen-bond donors (Lipinski definition) is 1. The van der Waals surface area contributed by atoms with Crippen molar-refractivity contribution in [1.82, 2.24) is 24.7 Å². The number of benzene rings is 1. The van der Waals surface area contributed by atoms with Crippen molar-refractivity contribution in [2.45, 2.75) is 25.7 Å². The summed E-state index contributed by atoms with van der Waals surface area (Å²) in [4.78, 5) is 16.4. The van der Waals surface area contributed by atoms with Crippen LogP contribution >= 0.6 is 0 Å². The monoisotopic (exact) mass is 395 g/mol. The lowest BCUT2D eigenvalue weighted by Crippen LogP contribution is -2.50. The molecule has 0 bridgehead atoms. The second-order valence-electron chi connectivity index (χ2n) is 7.66. The van der Waals surface area contributed by atoms with Crippen LogP contribution in [0.1, 0.15) is 30.1 Å². The van der Waals surface area contributed by atoms with Gasteiger partial charge in [0, 0.05) is 37.8 Å². The van der Waals surface area contributed by atoms with E-state index in [9.17, 15) is 9.18 Å². The van der Waals surface area contributed by atoms with Gasteiger partial charge in [-0.25, -0.2) is 9.18 Å². The van der Waals surface area contributed by atoms with Gasteiger partial charge in [-0.1, -0.05) is 6.07 Å².